The van der Waals surface area contributed by atoms with Crippen molar-refractivity contribution in [3.05, 3.63) is 48.0 Å². The topological polar surface area (TPSA) is 20.3 Å². The van der Waals surface area contributed by atoms with E-state index in [1.54, 1.807) is 11.8 Å². The number of rotatable bonds is 4. The third kappa shape index (κ3) is 2.98. The van der Waals surface area contributed by atoms with Gasteiger partial charge in [-0.1, -0.05) is 42.5 Å². The van der Waals surface area contributed by atoms with Crippen molar-refractivity contribution in [2.45, 2.75) is 18.6 Å². The average Bonchev–Trinajstić information content (AvgIpc) is 3.02. The summed E-state index contributed by atoms with van der Waals surface area (Å²) in [5.74, 6) is 1.80. The fraction of sp³-hybridized carbons (Fsp3) is 0.353. The molecular weight excluding hydrogens is 266 g/mol. The van der Waals surface area contributed by atoms with Gasteiger partial charge in [-0.25, -0.2) is 0 Å². The number of thioether (sulfide) groups is 1. The molecule has 1 saturated heterocycles. The molecule has 1 heterocycles. The number of amides is 1. The Kier molecular flexibility index (Phi) is 4.26. The highest BCUT2D eigenvalue weighted by atomic mass is 32.2. The molecule has 104 valence electrons. The summed E-state index contributed by atoms with van der Waals surface area (Å²) < 4.78 is 0. The van der Waals surface area contributed by atoms with Crippen molar-refractivity contribution in [3.8, 4) is 0 Å². The fourth-order valence-corrected chi connectivity index (χ4v) is 3.66. The molecule has 3 rings (SSSR count). The zero-order valence-electron chi connectivity index (χ0n) is 11.5. The second-order valence-electron chi connectivity index (χ2n) is 5.22. The van der Waals surface area contributed by atoms with E-state index in [0.29, 0.717) is 11.7 Å². The lowest BCUT2D eigenvalue weighted by atomic mass is 10.1. The average molecular weight is 285 g/mol. The number of fused-ring (bicyclic) bond motifs is 1. The molecule has 0 saturated carbocycles. The maximum Gasteiger partial charge on any atom is 0.232 e. The summed E-state index contributed by atoms with van der Waals surface area (Å²) in [5.41, 5.74) is 1.32. The van der Waals surface area contributed by atoms with Crippen molar-refractivity contribution in [2.75, 3.05) is 18.8 Å². The van der Waals surface area contributed by atoms with Gasteiger partial charge < -0.3 is 4.90 Å². The van der Waals surface area contributed by atoms with Crippen LogP contribution in [0.1, 0.15) is 18.4 Å². The molecule has 0 spiro atoms. The summed E-state index contributed by atoms with van der Waals surface area (Å²) in [7, 11) is 0. The van der Waals surface area contributed by atoms with Crippen LogP contribution in [0.5, 0.6) is 0 Å². The predicted molar refractivity (Wildman–Crippen MR) is 85.9 cm³/mol. The van der Waals surface area contributed by atoms with Crippen LogP contribution in [0, 0.1) is 0 Å². The number of hydrogen-bond acceptors (Lipinski definition) is 2. The first kappa shape index (κ1) is 13.5. The second kappa shape index (κ2) is 6.31. The van der Waals surface area contributed by atoms with Gasteiger partial charge in [0.15, 0.2) is 0 Å². The quantitative estimate of drug-likeness (QED) is 0.854. The standard InChI is InChI=1S/C17H19NOS/c19-17(18-10-3-4-11-18)13-20-12-15-8-5-7-14-6-1-2-9-16(14)15/h1-2,5-9H,3-4,10-13H2. The monoisotopic (exact) mass is 285 g/mol. The molecule has 0 atom stereocenters. The molecule has 0 N–H and O–H groups in total. The Morgan fingerprint density at radius 3 is 2.65 bits per heavy atom. The molecule has 0 aliphatic carbocycles. The third-order valence-corrected chi connectivity index (χ3v) is 4.79. The summed E-state index contributed by atoms with van der Waals surface area (Å²) in [6.07, 6.45) is 2.33. The Morgan fingerprint density at radius 2 is 1.80 bits per heavy atom. The number of carbonyl (C=O) groups excluding carboxylic acids is 1. The predicted octanol–water partition coefficient (Wildman–Crippen LogP) is 3.70. The van der Waals surface area contributed by atoms with E-state index in [1.165, 1.54) is 29.2 Å². The molecular formula is C17H19NOS. The summed E-state index contributed by atoms with van der Waals surface area (Å²) in [6, 6.07) is 14.8. The molecule has 2 aromatic carbocycles. The summed E-state index contributed by atoms with van der Waals surface area (Å²) >= 11 is 1.72. The molecule has 20 heavy (non-hydrogen) atoms. The Bertz CT molecular complexity index is 599. The maximum absolute atomic E-state index is 12.0. The minimum Gasteiger partial charge on any atom is -0.342 e. The van der Waals surface area contributed by atoms with E-state index < -0.39 is 0 Å². The Hall–Kier alpha value is -1.48. The van der Waals surface area contributed by atoms with E-state index in [0.717, 1.165) is 18.8 Å². The van der Waals surface area contributed by atoms with Gasteiger partial charge in [-0.2, -0.15) is 0 Å². The van der Waals surface area contributed by atoms with E-state index >= 15 is 0 Å². The van der Waals surface area contributed by atoms with Gasteiger partial charge in [0.05, 0.1) is 5.75 Å². The van der Waals surface area contributed by atoms with Gasteiger partial charge in [0.1, 0.15) is 0 Å². The number of nitrogens with zero attached hydrogens (tertiary/aromatic N) is 1. The highest BCUT2D eigenvalue weighted by Crippen LogP contribution is 2.23. The summed E-state index contributed by atoms with van der Waals surface area (Å²) in [5, 5.41) is 2.58. The van der Waals surface area contributed by atoms with Crippen LogP contribution < -0.4 is 0 Å². The van der Waals surface area contributed by atoms with Crippen molar-refractivity contribution in [2.24, 2.45) is 0 Å². The van der Waals surface area contributed by atoms with E-state index in [2.05, 4.69) is 42.5 Å². The number of hydrogen-bond donors (Lipinski definition) is 0. The summed E-state index contributed by atoms with van der Waals surface area (Å²) in [4.78, 5) is 14.0. The molecule has 0 aromatic heterocycles. The maximum atomic E-state index is 12.0. The molecule has 1 amide bonds. The molecule has 2 aromatic rings. The second-order valence-corrected chi connectivity index (χ2v) is 6.20. The number of benzene rings is 2. The normalized spacial score (nSPS) is 14.9. The zero-order valence-corrected chi connectivity index (χ0v) is 12.4. The highest BCUT2D eigenvalue weighted by Gasteiger charge is 2.17. The van der Waals surface area contributed by atoms with Crippen molar-refractivity contribution < 1.29 is 4.79 Å². The van der Waals surface area contributed by atoms with Crippen LogP contribution in [-0.4, -0.2) is 29.6 Å². The fourth-order valence-electron chi connectivity index (χ4n) is 2.72. The molecule has 2 nitrogen and oxygen atoms in total. The first-order valence-corrected chi connectivity index (χ1v) is 8.32. The zero-order chi connectivity index (χ0) is 13.8. The molecule has 1 aliphatic rings. The minimum absolute atomic E-state index is 0.299. The molecule has 3 heteroatoms. The van der Waals surface area contributed by atoms with Gasteiger partial charge in [0, 0.05) is 18.8 Å². The van der Waals surface area contributed by atoms with E-state index in [4.69, 9.17) is 0 Å². The van der Waals surface area contributed by atoms with E-state index in [1.807, 2.05) is 4.90 Å². The lowest BCUT2D eigenvalue weighted by molar-refractivity contribution is -0.127. The van der Waals surface area contributed by atoms with Crippen molar-refractivity contribution in [1.82, 2.24) is 4.90 Å². The molecule has 0 bridgehead atoms. The SMILES string of the molecule is O=C(CSCc1cccc2ccccc12)N1CCCC1. The molecule has 0 radical (unpaired) electrons. The third-order valence-electron chi connectivity index (χ3n) is 3.82. The van der Waals surface area contributed by atoms with Crippen molar-refractivity contribution in [3.63, 3.8) is 0 Å². The van der Waals surface area contributed by atoms with Crippen LogP contribution in [0.3, 0.4) is 0 Å². The first-order valence-electron chi connectivity index (χ1n) is 7.17. The summed E-state index contributed by atoms with van der Waals surface area (Å²) in [6.45, 7) is 1.90. The van der Waals surface area contributed by atoms with Gasteiger partial charge in [-0.05, 0) is 29.2 Å². The van der Waals surface area contributed by atoms with Crippen LogP contribution in [0.15, 0.2) is 42.5 Å². The number of likely N-dealkylation sites (tertiary alicyclic amines) is 1. The van der Waals surface area contributed by atoms with Crippen LogP contribution in [-0.2, 0) is 10.5 Å². The van der Waals surface area contributed by atoms with Gasteiger partial charge in [0.25, 0.3) is 0 Å². The first-order chi connectivity index (χ1) is 9.84. The van der Waals surface area contributed by atoms with Crippen LogP contribution >= 0.6 is 11.8 Å². The molecule has 0 unspecified atom stereocenters. The molecule has 1 aliphatic heterocycles. The minimum atomic E-state index is 0.299. The largest absolute Gasteiger partial charge is 0.342 e. The van der Waals surface area contributed by atoms with Crippen LogP contribution in [0.25, 0.3) is 10.8 Å². The Labute approximate surface area is 124 Å². The highest BCUT2D eigenvalue weighted by molar-refractivity contribution is 7.99. The van der Waals surface area contributed by atoms with Gasteiger partial charge in [-0.3, -0.25) is 4.79 Å². The Morgan fingerprint density at radius 1 is 1.05 bits per heavy atom. The van der Waals surface area contributed by atoms with Crippen molar-refractivity contribution in [1.29, 1.82) is 0 Å². The smallest absolute Gasteiger partial charge is 0.232 e. The van der Waals surface area contributed by atoms with Gasteiger partial charge >= 0.3 is 0 Å². The van der Waals surface area contributed by atoms with E-state index in [-0.39, 0.29) is 0 Å². The lowest BCUT2D eigenvalue weighted by Crippen LogP contribution is -2.29. The lowest BCUT2D eigenvalue weighted by Gasteiger charge is -2.14. The number of carbonyl (C=O) groups is 1. The van der Waals surface area contributed by atoms with Crippen LogP contribution in [0.4, 0.5) is 0 Å². The Balaban J connectivity index is 1.61. The van der Waals surface area contributed by atoms with Crippen molar-refractivity contribution >= 4 is 28.4 Å². The molecule has 1 fully saturated rings. The van der Waals surface area contributed by atoms with Crippen LogP contribution in [0.2, 0.25) is 0 Å². The van der Waals surface area contributed by atoms with E-state index in [9.17, 15) is 4.79 Å². The van der Waals surface area contributed by atoms with Gasteiger partial charge in [-0.15, -0.1) is 11.8 Å². The van der Waals surface area contributed by atoms with Gasteiger partial charge in [0.2, 0.25) is 5.91 Å².